The van der Waals surface area contributed by atoms with Gasteiger partial charge in [0.25, 0.3) is 11.4 Å². The van der Waals surface area contributed by atoms with Gasteiger partial charge in [0.15, 0.2) is 5.69 Å². The van der Waals surface area contributed by atoms with Gasteiger partial charge in [0.1, 0.15) is 0 Å². The van der Waals surface area contributed by atoms with Gasteiger partial charge < -0.3 is 10.6 Å². The third-order valence-corrected chi connectivity index (χ3v) is 2.57. The summed E-state index contributed by atoms with van der Waals surface area (Å²) in [5.41, 5.74) is 0.312. The van der Waals surface area contributed by atoms with Crippen LogP contribution in [0.4, 0.5) is 30.2 Å². The van der Waals surface area contributed by atoms with E-state index in [0.717, 1.165) is 11.9 Å². The number of anilines is 1. The first kappa shape index (κ1) is 17.1. The summed E-state index contributed by atoms with van der Waals surface area (Å²) in [7, 11) is 1.06. The normalized spacial score (nSPS) is 11.1. The van der Waals surface area contributed by atoms with Crippen LogP contribution in [-0.4, -0.2) is 29.3 Å². The van der Waals surface area contributed by atoms with Crippen LogP contribution >= 0.6 is 0 Å². The molecule has 0 bridgehead atoms. The molecule has 9 nitrogen and oxygen atoms in total. The van der Waals surface area contributed by atoms with E-state index < -0.39 is 51.1 Å². The standard InChI is InChI=1S/C10H9F3N4O5/c1-15(4-8(14)18)9-6(16(19)20)2-5(10(11,12)13)3-7(9)17(21)22/h2-3H,4H2,1H3,(H2,14,18). The number of nitrogens with two attached hydrogens (primary N) is 1. The lowest BCUT2D eigenvalue weighted by Gasteiger charge is -2.18. The Morgan fingerprint density at radius 3 is 1.91 bits per heavy atom. The van der Waals surface area contributed by atoms with Crippen molar-refractivity contribution in [2.75, 3.05) is 18.5 Å². The Hall–Kier alpha value is -2.92. The zero-order chi connectivity index (χ0) is 17.2. The molecule has 0 aliphatic carbocycles. The molecule has 1 aromatic carbocycles. The Balaban J connectivity index is 3.68. The number of halogens is 3. The molecule has 2 N–H and O–H groups in total. The summed E-state index contributed by atoms with van der Waals surface area (Å²) in [4.78, 5) is 31.1. The number of carbonyl (C=O) groups is 1. The zero-order valence-electron chi connectivity index (χ0n) is 11.0. The van der Waals surface area contributed by atoms with E-state index in [1.807, 2.05) is 0 Å². The topological polar surface area (TPSA) is 133 Å². The molecule has 1 amide bonds. The fraction of sp³-hybridized carbons (Fsp3) is 0.300. The highest BCUT2D eigenvalue weighted by Crippen LogP contribution is 2.42. The molecular formula is C10H9F3N4O5. The van der Waals surface area contributed by atoms with Crippen LogP contribution in [0.2, 0.25) is 0 Å². The van der Waals surface area contributed by atoms with Crippen LogP contribution in [0, 0.1) is 20.2 Å². The summed E-state index contributed by atoms with van der Waals surface area (Å²) in [6.07, 6.45) is -5.00. The number of primary amides is 1. The molecule has 1 rings (SSSR count). The molecule has 12 heteroatoms. The molecule has 0 saturated carbocycles. The predicted octanol–water partition coefficient (Wildman–Crippen LogP) is 1.44. The van der Waals surface area contributed by atoms with Gasteiger partial charge in [0.05, 0.1) is 22.0 Å². The molecule has 0 radical (unpaired) electrons. The number of likely N-dealkylation sites (N-methyl/N-ethyl adjacent to an activating group) is 1. The van der Waals surface area contributed by atoms with Gasteiger partial charge in [-0.15, -0.1) is 0 Å². The molecule has 0 unspecified atom stereocenters. The lowest BCUT2D eigenvalue weighted by molar-refractivity contribution is -0.393. The van der Waals surface area contributed by atoms with Crippen LogP contribution < -0.4 is 10.6 Å². The molecule has 0 spiro atoms. The number of nitro benzene ring substituents is 2. The molecule has 0 aliphatic heterocycles. The van der Waals surface area contributed by atoms with Crippen molar-refractivity contribution < 1.29 is 27.8 Å². The average Bonchev–Trinajstić information content (AvgIpc) is 2.34. The van der Waals surface area contributed by atoms with Crippen molar-refractivity contribution in [2.24, 2.45) is 5.73 Å². The van der Waals surface area contributed by atoms with E-state index in [4.69, 9.17) is 5.73 Å². The van der Waals surface area contributed by atoms with Crippen LogP contribution in [0.1, 0.15) is 5.56 Å². The van der Waals surface area contributed by atoms with Crippen molar-refractivity contribution >= 4 is 23.0 Å². The van der Waals surface area contributed by atoms with Gasteiger partial charge >= 0.3 is 6.18 Å². The van der Waals surface area contributed by atoms with E-state index in [-0.39, 0.29) is 12.1 Å². The Kier molecular flexibility index (Phi) is 4.54. The van der Waals surface area contributed by atoms with E-state index in [1.165, 1.54) is 0 Å². The molecular weight excluding hydrogens is 313 g/mol. The van der Waals surface area contributed by atoms with Gasteiger partial charge in [-0.2, -0.15) is 13.2 Å². The first-order valence-electron chi connectivity index (χ1n) is 5.48. The Bertz CT molecular complexity index is 611. The minimum Gasteiger partial charge on any atom is -0.368 e. The second-order valence-electron chi connectivity index (χ2n) is 4.20. The monoisotopic (exact) mass is 322 g/mol. The summed E-state index contributed by atoms with van der Waals surface area (Å²) < 4.78 is 38.1. The SMILES string of the molecule is CN(CC(N)=O)c1c([N+](=O)[O-])cc(C(F)(F)F)cc1[N+](=O)[O-]. The van der Waals surface area contributed by atoms with Crippen molar-refractivity contribution in [1.29, 1.82) is 0 Å². The van der Waals surface area contributed by atoms with E-state index >= 15 is 0 Å². The Labute approximate surface area is 120 Å². The van der Waals surface area contributed by atoms with Crippen LogP contribution in [0.5, 0.6) is 0 Å². The van der Waals surface area contributed by atoms with E-state index in [0.29, 0.717) is 0 Å². The quantitative estimate of drug-likeness (QED) is 0.644. The number of hydrogen-bond acceptors (Lipinski definition) is 6. The maximum atomic E-state index is 12.7. The van der Waals surface area contributed by atoms with Crippen molar-refractivity contribution in [1.82, 2.24) is 0 Å². The van der Waals surface area contributed by atoms with Crippen molar-refractivity contribution in [3.63, 3.8) is 0 Å². The summed E-state index contributed by atoms with van der Waals surface area (Å²) in [5, 5.41) is 21.9. The van der Waals surface area contributed by atoms with E-state index in [2.05, 4.69) is 0 Å². The van der Waals surface area contributed by atoms with Crippen LogP contribution in [0.3, 0.4) is 0 Å². The maximum absolute atomic E-state index is 12.7. The third-order valence-electron chi connectivity index (χ3n) is 2.57. The molecule has 0 heterocycles. The highest BCUT2D eigenvalue weighted by atomic mass is 19.4. The number of carbonyl (C=O) groups excluding carboxylic acids is 1. The van der Waals surface area contributed by atoms with Crippen LogP contribution in [-0.2, 0) is 11.0 Å². The summed E-state index contributed by atoms with van der Waals surface area (Å²) in [5.74, 6) is -0.967. The van der Waals surface area contributed by atoms with E-state index in [1.54, 1.807) is 0 Å². The molecule has 22 heavy (non-hydrogen) atoms. The molecule has 120 valence electrons. The fourth-order valence-electron chi connectivity index (χ4n) is 1.75. The molecule has 0 aromatic heterocycles. The van der Waals surface area contributed by atoms with Gasteiger partial charge in [-0.3, -0.25) is 25.0 Å². The first-order valence-corrected chi connectivity index (χ1v) is 5.48. The van der Waals surface area contributed by atoms with Gasteiger partial charge in [-0.05, 0) is 0 Å². The predicted molar refractivity (Wildman–Crippen MR) is 67.2 cm³/mol. The molecule has 1 aromatic rings. The average molecular weight is 322 g/mol. The van der Waals surface area contributed by atoms with Crippen molar-refractivity contribution in [3.8, 4) is 0 Å². The minimum atomic E-state index is -5.00. The van der Waals surface area contributed by atoms with E-state index in [9.17, 15) is 38.2 Å². The zero-order valence-corrected chi connectivity index (χ0v) is 11.0. The number of amides is 1. The highest BCUT2D eigenvalue weighted by molar-refractivity contribution is 5.84. The summed E-state index contributed by atoms with van der Waals surface area (Å²) in [6, 6.07) is 0.333. The van der Waals surface area contributed by atoms with Gasteiger partial charge in [-0.25, -0.2) is 0 Å². The number of hydrogen-bond donors (Lipinski definition) is 1. The third kappa shape index (κ3) is 3.59. The van der Waals surface area contributed by atoms with Gasteiger partial charge in [0.2, 0.25) is 5.91 Å². The molecule has 0 aliphatic rings. The number of benzene rings is 1. The van der Waals surface area contributed by atoms with Crippen LogP contribution in [0.15, 0.2) is 12.1 Å². The summed E-state index contributed by atoms with van der Waals surface area (Å²) >= 11 is 0. The Morgan fingerprint density at radius 1 is 1.23 bits per heavy atom. The van der Waals surface area contributed by atoms with Crippen molar-refractivity contribution in [3.05, 3.63) is 37.9 Å². The second-order valence-corrected chi connectivity index (χ2v) is 4.20. The lowest BCUT2D eigenvalue weighted by atomic mass is 10.1. The van der Waals surface area contributed by atoms with Gasteiger partial charge in [-0.1, -0.05) is 0 Å². The fourth-order valence-corrected chi connectivity index (χ4v) is 1.75. The molecule has 0 fully saturated rings. The van der Waals surface area contributed by atoms with Crippen LogP contribution in [0.25, 0.3) is 0 Å². The second kappa shape index (κ2) is 5.83. The largest absolute Gasteiger partial charge is 0.416 e. The first-order chi connectivity index (χ1) is 9.95. The smallest absolute Gasteiger partial charge is 0.368 e. The minimum absolute atomic E-state index is 0.166. The van der Waals surface area contributed by atoms with Gasteiger partial charge in [0, 0.05) is 19.2 Å². The highest BCUT2D eigenvalue weighted by Gasteiger charge is 2.38. The van der Waals surface area contributed by atoms with Crippen molar-refractivity contribution in [2.45, 2.75) is 6.18 Å². The number of nitrogens with zero attached hydrogens (tertiary/aromatic N) is 3. The molecule has 0 saturated heterocycles. The maximum Gasteiger partial charge on any atom is 0.416 e. The molecule has 0 atom stereocenters. The number of alkyl halides is 3. The summed E-state index contributed by atoms with van der Waals surface area (Å²) in [6.45, 7) is -0.646. The lowest BCUT2D eigenvalue weighted by Crippen LogP contribution is -2.31. The Morgan fingerprint density at radius 2 is 1.64 bits per heavy atom. The number of rotatable bonds is 5. The number of nitro groups is 2.